The van der Waals surface area contributed by atoms with Crippen LogP contribution in [0.1, 0.15) is 77.3 Å². The fraction of sp³-hybridized carbons (Fsp3) is 0.565. The molecule has 2 fully saturated rings. The number of thioether (sulfide) groups is 1. The van der Waals surface area contributed by atoms with E-state index in [1.54, 1.807) is 30.3 Å². The highest BCUT2D eigenvalue weighted by Gasteiger charge is 2.43. The Hall–Kier alpha value is -5.73. The van der Waals surface area contributed by atoms with Crippen LogP contribution in [-0.2, 0) is 51.2 Å². The lowest BCUT2D eigenvalue weighted by Crippen LogP contribution is -2.61. The number of carbonyl (C=O) groups is 8. The number of phenolic OH excluding ortho intramolecular Hbond substituents is 1. The number of hydrogen-bond acceptors (Lipinski definition) is 12. The summed E-state index contributed by atoms with van der Waals surface area (Å²) in [7, 11) is 0. The van der Waals surface area contributed by atoms with E-state index >= 15 is 0 Å². The first-order valence-corrected chi connectivity index (χ1v) is 23.8. The van der Waals surface area contributed by atoms with Gasteiger partial charge < -0.3 is 57.4 Å². The molecule has 2 aromatic carbocycles. The number of rotatable bonds is 23. The summed E-state index contributed by atoms with van der Waals surface area (Å²) >= 11 is 1.50. The van der Waals surface area contributed by atoms with Gasteiger partial charge in [0.2, 0.25) is 41.4 Å². The third-order valence-electron chi connectivity index (χ3n) is 11.6. The molecule has 20 heteroatoms. The summed E-state index contributed by atoms with van der Waals surface area (Å²) in [6, 6.07) is 5.20. The molecule has 10 N–H and O–H groups in total. The summed E-state index contributed by atoms with van der Waals surface area (Å²) < 4.78 is 0. The molecular formula is C46H66N8O11S. The number of phenols is 1. The average molecular weight is 939 g/mol. The molecule has 2 aliphatic rings. The van der Waals surface area contributed by atoms with Gasteiger partial charge in [-0.2, -0.15) is 11.8 Å². The Morgan fingerprint density at radius 3 is 1.71 bits per heavy atom. The summed E-state index contributed by atoms with van der Waals surface area (Å²) in [4.78, 5) is 112. The number of carbonyl (C=O) groups excluding carboxylic acids is 7. The van der Waals surface area contributed by atoms with Crippen molar-refractivity contribution in [3.05, 3.63) is 65.7 Å². The lowest BCUT2D eigenvalue weighted by Gasteiger charge is -2.33. The Labute approximate surface area is 389 Å². The number of amides is 7. The van der Waals surface area contributed by atoms with Crippen molar-refractivity contribution in [2.75, 3.05) is 25.1 Å². The van der Waals surface area contributed by atoms with Crippen LogP contribution in [0.4, 0.5) is 0 Å². The minimum Gasteiger partial charge on any atom is -0.508 e. The number of carboxylic acid groups (broad SMARTS) is 1. The van der Waals surface area contributed by atoms with Gasteiger partial charge in [-0.15, -0.1) is 0 Å². The van der Waals surface area contributed by atoms with E-state index in [-0.39, 0.29) is 50.4 Å². The van der Waals surface area contributed by atoms with Crippen molar-refractivity contribution in [2.24, 2.45) is 11.7 Å². The zero-order valence-electron chi connectivity index (χ0n) is 38.2. The summed E-state index contributed by atoms with van der Waals surface area (Å²) in [6.45, 7) is 6.95. The molecule has 2 saturated heterocycles. The van der Waals surface area contributed by atoms with E-state index in [0.717, 1.165) is 0 Å². The van der Waals surface area contributed by atoms with E-state index in [2.05, 4.69) is 26.6 Å². The summed E-state index contributed by atoms with van der Waals surface area (Å²) in [6.07, 6.45) is 2.19. The molecule has 2 aromatic rings. The van der Waals surface area contributed by atoms with E-state index in [1.807, 2.05) is 20.1 Å². The van der Waals surface area contributed by atoms with Gasteiger partial charge in [-0.3, -0.25) is 33.6 Å². The third-order valence-corrected chi connectivity index (χ3v) is 12.3. The first-order valence-electron chi connectivity index (χ1n) is 22.4. The van der Waals surface area contributed by atoms with Crippen LogP contribution in [0.5, 0.6) is 5.75 Å². The van der Waals surface area contributed by atoms with Crippen LogP contribution in [0.25, 0.3) is 0 Å². The predicted molar refractivity (Wildman–Crippen MR) is 247 cm³/mol. The number of nitrogens with one attached hydrogen (secondary N) is 5. The molecule has 19 nitrogen and oxygen atoms in total. The third kappa shape index (κ3) is 15.2. The van der Waals surface area contributed by atoms with Crippen molar-refractivity contribution in [2.45, 2.75) is 134 Å². The molecule has 0 unspecified atom stereocenters. The van der Waals surface area contributed by atoms with Gasteiger partial charge in [-0.05, 0) is 93.6 Å². The number of likely N-dealkylation sites (tertiary alicyclic amines) is 2. The van der Waals surface area contributed by atoms with Crippen LogP contribution < -0.4 is 32.3 Å². The largest absolute Gasteiger partial charge is 0.508 e. The number of nitrogens with zero attached hydrogens (tertiary/aromatic N) is 2. The van der Waals surface area contributed by atoms with Crippen LogP contribution in [0.3, 0.4) is 0 Å². The quantitative estimate of drug-likeness (QED) is 0.0721. The Bertz CT molecular complexity index is 2000. The molecule has 0 bridgehead atoms. The number of aliphatic hydroxyl groups excluding tert-OH is 1. The SMILES string of the molecule is CSCC[C@H](NC(=O)[C@H](C)N)C(=O)N1CCC[C@H]1C(=O)N[C@@H](CC(C)C)C(=O)N1CCC[C@H]1C(=O)N[C@@H](Cc1ccc(O)cc1)C(=O)N[C@H](C(=O)N[C@@H](Cc1ccccc1)C(=O)O)[C@@H](C)O. The minimum atomic E-state index is -1.64. The van der Waals surface area contributed by atoms with Crippen LogP contribution >= 0.6 is 11.8 Å². The van der Waals surface area contributed by atoms with Gasteiger partial charge in [0.05, 0.1) is 12.1 Å². The van der Waals surface area contributed by atoms with Crippen LogP contribution in [0.2, 0.25) is 0 Å². The van der Waals surface area contributed by atoms with Gasteiger partial charge in [0.1, 0.15) is 48.0 Å². The number of carboxylic acids is 1. The van der Waals surface area contributed by atoms with Gasteiger partial charge in [0.15, 0.2) is 0 Å². The highest BCUT2D eigenvalue weighted by atomic mass is 32.2. The smallest absolute Gasteiger partial charge is 0.326 e. The standard InChI is InChI=1S/C46H66N8O11S/c1-26(2)23-34(50-42(60)37-14-9-20-53(37)44(62)32(19-22-66-5)48-39(57)27(3)47)45(63)54-21-10-13-36(54)41(59)49-33(24-30-15-17-31(56)18-16-30)40(58)52-38(28(4)55)43(61)51-35(46(64)65)25-29-11-7-6-8-12-29/h6-8,11-12,15-18,26-28,32-38,55-56H,9-10,13-14,19-25,47H2,1-5H3,(H,48,57)(H,49,59)(H,50,60)(H,51,61)(H,52,58)(H,64,65)/t27-,28+,32-,33-,34-,35-,36-,37-,38-/m0/s1. The minimum absolute atomic E-state index is 0.0467. The van der Waals surface area contributed by atoms with Crippen molar-refractivity contribution in [3.63, 3.8) is 0 Å². The zero-order valence-corrected chi connectivity index (χ0v) is 39.1. The Kier molecular flexibility index (Phi) is 20.2. The molecular weight excluding hydrogens is 873 g/mol. The highest BCUT2D eigenvalue weighted by molar-refractivity contribution is 7.98. The van der Waals surface area contributed by atoms with Crippen molar-refractivity contribution in [3.8, 4) is 5.75 Å². The lowest BCUT2D eigenvalue weighted by atomic mass is 10.0. The molecule has 2 aliphatic heterocycles. The van der Waals surface area contributed by atoms with Crippen molar-refractivity contribution in [1.29, 1.82) is 0 Å². The first kappa shape index (κ1) is 52.9. The van der Waals surface area contributed by atoms with Crippen LogP contribution in [0, 0.1) is 5.92 Å². The highest BCUT2D eigenvalue weighted by Crippen LogP contribution is 2.24. The number of aromatic hydroxyl groups is 1. The molecule has 0 spiro atoms. The van der Waals surface area contributed by atoms with E-state index in [9.17, 15) is 53.7 Å². The molecule has 362 valence electrons. The maximum Gasteiger partial charge on any atom is 0.326 e. The average Bonchev–Trinajstić information content (AvgIpc) is 3.98. The normalized spacial score (nSPS) is 19.1. The summed E-state index contributed by atoms with van der Waals surface area (Å²) in [5.74, 6) is -5.44. The fourth-order valence-corrected chi connectivity index (χ4v) is 8.55. The Morgan fingerprint density at radius 2 is 1.20 bits per heavy atom. The number of hydrogen-bond donors (Lipinski definition) is 9. The summed E-state index contributed by atoms with van der Waals surface area (Å²) in [5.41, 5.74) is 6.90. The van der Waals surface area contributed by atoms with E-state index < -0.39 is 102 Å². The topological polar surface area (TPSA) is 290 Å². The Morgan fingerprint density at radius 1 is 0.682 bits per heavy atom. The molecule has 0 aliphatic carbocycles. The molecule has 66 heavy (non-hydrogen) atoms. The molecule has 0 aromatic heterocycles. The maximum atomic E-state index is 14.4. The van der Waals surface area contributed by atoms with Gasteiger partial charge in [0.25, 0.3) is 0 Å². The second kappa shape index (κ2) is 25.3. The van der Waals surface area contributed by atoms with Crippen LogP contribution in [-0.4, -0.2) is 152 Å². The lowest BCUT2D eigenvalue weighted by molar-refractivity contribution is -0.145. The van der Waals surface area contributed by atoms with E-state index in [1.165, 1.54) is 59.7 Å². The van der Waals surface area contributed by atoms with E-state index in [4.69, 9.17) is 5.73 Å². The van der Waals surface area contributed by atoms with Crippen molar-refractivity contribution < 1.29 is 53.7 Å². The molecule has 2 heterocycles. The number of benzene rings is 2. The molecule has 0 radical (unpaired) electrons. The second-order valence-electron chi connectivity index (χ2n) is 17.4. The monoisotopic (exact) mass is 938 g/mol. The fourth-order valence-electron chi connectivity index (χ4n) is 8.08. The molecule has 4 rings (SSSR count). The Balaban J connectivity index is 1.52. The number of aliphatic hydroxyl groups is 1. The molecule has 0 saturated carbocycles. The number of nitrogens with two attached hydrogens (primary N) is 1. The van der Waals surface area contributed by atoms with Crippen molar-refractivity contribution in [1.82, 2.24) is 36.4 Å². The molecule has 9 atom stereocenters. The van der Waals surface area contributed by atoms with Crippen molar-refractivity contribution >= 4 is 59.1 Å². The molecule has 7 amide bonds. The van der Waals surface area contributed by atoms with Gasteiger partial charge in [-0.25, -0.2) is 4.79 Å². The van der Waals surface area contributed by atoms with Gasteiger partial charge in [-0.1, -0.05) is 56.3 Å². The predicted octanol–water partition coefficient (Wildman–Crippen LogP) is 0.195. The second-order valence-corrected chi connectivity index (χ2v) is 18.4. The maximum absolute atomic E-state index is 14.4. The van der Waals surface area contributed by atoms with Gasteiger partial charge >= 0.3 is 5.97 Å². The van der Waals surface area contributed by atoms with Crippen LogP contribution in [0.15, 0.2) is 54.6 Å². The first-order chi connectivity index (χ1) is 31.3. The summed E-state index contributed by atoms with van der Waals surface area (Å²) in [5, 5.41) is 43.6. The van der Waals surface area contributed by atoms with E-state index in [0.29, 0.717) is 42.6 Å². The zero-order chi connectivity index (χ0) is 48.7. The van der Waals surface area contributed by atoms with Gasteiger partial charge in [0, 0.05) is 25.9 Å². The number of aliphatic carboxylic acids is 1.